The van der Waals surface area contributed by atoms with Crippen molar-refractivity contribution < 1.29 is 0 Å². The van der Waals surface area contributed by atoms with Gasteiger partial charge in [0.2, 0.25) is 0 Å². The first-order chi connectivity index (χ1) is 29.6. The van der Waals surface area contributed by atoms with E-state index in [0.29, 0.717) is 5.69 Å². The van der Waals surface area contributed by atoms with Gasteiger partial charge in [0.15, 0.2) is 0 Å². The Morgan fingerprint density at radius 1 is 0.533 bits per heavy atom. The van der Waals surface area contributed by atoms with Crippen LogP contribution in [0.25, 0.3) is 43.6 Å². The standard InChI is InChI=1S/C9H7N.2C8H6N2.C8H10N2.C7H5N3.C7H7N3/c1-2-6-9-8(4-1)5-3-7-10-9;1-2-7-6-9-5-3-8(7)10-4-1;1-2-4-8-7(3-1)5-9-6-10-8;1-3-7-4-5-10-6-8(7)9-2;1-2-8-3-6-4-9-5-10-7(1)6;1-9-7-5-10-3-2-6(7)4-8/h1-7H;2*1-6H;3-4,6,10H,1-2,5H2;1-5H;2-5,8H,1H2. The number of para-hydroxylation sites is 2. The molecule has 0 spiro atoms. The van der Waals surface area contributed by atoms with Gasteiger partial charge in [0, 0.05) is 102 Å². The van der Waals surface area contributed by atoms with E-state index in [1.165, 1.54) is 17.9 Å². The average Bonchev–Trinajstić information content (AvgIpc) is 3.35. The fraction of sp³-hybridized carbons (Fsp3) is 0.0213. The van der Waals surface area contributed by atoms with Gasteiger partial charge in [0.1, 0.15) is 12.7 Å². The largest absolute Gasteiger partial charge is 0.386 e. The maximum Gasteiger partial charge on any atom is 0.116 e. The second kappa shape index (κ2) is 24.1. The quantitative estimate of drug-likeness (QED) is 0.164. The van der Waals surface area contributed by atoms with Crippen molar-refractivity contribution in [1.82, 2.24) is 50.2 Å². The molecule has 294 valence electrons. The van der Waals surface area contributed by atoms with Gasteiger partial charge < -0.3 is 10.7 Å². The Kier molecular flexibility index (Phi) is 17.1. The Morgan fingerprint density at radius 2 is 1.05 bits per heavy atom. The Hall–Kier alpha value is -8.58. The SMILES string of the molecule is C=CC1=CCNC=C1N=C.C=Nc1cnccc1C=N.c1cc2ncncc2cn1.c1ccc2ncccc2c1.c1ccc2ncncc2c1.c1cnc2ccncc2c1. The van der Waals surface area contributed by atoms with E-state index in [1.54, 1.807) is 61.8 Å². The lowest BCUT2D eigenvalue weighted by molar-refractivity contribution is 0.939. The minimum atomic E-state index is 0.650. The first-order valence-electron chi connectivity index (χ1n) is 18.4. The molecule has 60 heavy (non-hydrogen) atoms. The molecule has 0 saturated heterocycles. The Balaban J connectivity index is 0.000000137. The molecular weight excluding hydrogens is 747 g/mol. The lowest BCUT2D eigenvalue weighted by Crippen LogP contribution is -2.11. The summed E-state index contributed by atoms with van der Waals surface area (Å²) in [5.41, 5.74) is 7.29. The summed E-state index contributed by atoms with van der Waals surface area (Å²) in [7, 11) is 0. The highest BCUT2D eigenvalue weighted by molar-refractivity contribution is 5.84. The number of nitrogens with zero attached hydrogens (tertiary/aromatic N) is 11. The molecule has 9 aromatic rings. The molecule has 10 rings (SSSR count). The molecule has 0 bridgehead atoms. The highest BCUT2D eigenvalue weighted by Crippen LogP contribution is 2.14. The van der Waals surface area contributed by atoms with Crippen LogP contribution in [0.4, 0.5) is 5.69 Å². The predicted octanol–water partition coefficient (Wildman–Crippen LogP) is 9.17. The van der Waals surface area contributed by atoms with Crippen LogP contribution in [-0.4, -0.2) is 71.1 Å². The van der Waals surface area contributed by atoms with E-state index < -0.39 is 0 Å². The molecule has 13 nitrogen and oxygen atoms in total. The molecule has 8 heterocycles. The molecule has 0 amide bonds. The lowest BCUT2D eigenvalue weighted by Gasteiger charge is -2.08. The van der Waals surface area contributed by atoms with Crippen LogP contribution < -0.4 is 5.32 Å². The Bertz CT molecular complexity index is 2240. The van der Waals surface area contributed by atoms with Gasteiger partial charge in [0.05, 0.1) is 39.6 Å². The van der Waals surface area contributed by atoms with Crippen LogP contribution in [0, 0.1) is 5.41 Å². The van der Waals surface area contributed by atoms with E-state index in [0.717, 1.165) is 61.6 Å². The molecule has 1 aliphatic heterocycles. The predicted molar refractivity (Wildman–Crippen MR) is 243 cm³/mol. The van der Waals surface area contributed by atoms with Gasteiger partial charge in [-0.2, -0.15) is 0 Å². The van der Waals surface area contributed by atoms with Gasteiger partial charge in [0.25, 0.3) is 0 Å². The third-order valence-electron chi connectivity index (χ3n) is 8.16. The first kappa shape index (κ1) is 42.6. The van der Waals surface area contributed by atoms with Crippen LogP contribution in [0.1, 0.15) is 5.56 Å². The average molecular weight is 788 g/mol. The molecule has 2 N–H and O–H groups in total. The molecule has 0 saturated carbocycles. The van der Waals surface area contributed by atoms with Gasteiger partial charge in [-0.25, -0.2) is 19.9 Å². The minimum absolute atomic E-state index is 0.650. The van der Waals surface area contributed by atoms with E-state index >= 15 is 0 Å². The molecule has 0 unspecified atom stereocenters. The molecule has 0 fully saturated rings. The first-order valence-corrected chi connectivity index (χ1v) is 18.4. The molecule has 0 atom stereocenters. The van der Waals surface area contributed by atoms with Crippen molar-refractivity contribution in [3.8, 4) is 0 Å². The van der Waals surface area contributed by atoms with E-state index in [2.05, 4.69) is 92.3 Å². The fourth-order valence-corrected chi connectivity index (χ4v) is 5.17. The van der Waals surface area contributed by atoms with Crippen LogP contribution >= 0.6 is 0 Å². The number of dihydropyridines is 1. The normalized spacial score (nSPS) is 10.9. The van der Waals surface area contributed by atoms with Gasteiger partial charge in [-0.15, -0.1) is 0 Å². The Morgan fingerprint density at radius 3 is 1.62 bits per heavy atom. The van der Waals surface area contributed by atoms with Crippen molar-refractivity contribution in [3.05, 3.63) is 207 Å². The molecule has 0 radical (unpaired) electrons. The van der Waals surface area contributed by atoms with Gasteiger partial charge in [-0.05, 0) is 67.5 Å². The summed E-state index contributed by atoms with van der Waals surface area (Å²) in [6, 6.07) is 29.4. The van der Waals surface area contributed by atoms with Crippen LogP contribution in [-0.2, 0) is 0 Å². The summed E-state index contributed by atoms with van der Waals surface area (Å²) in [6.45, 7) is 11.3. The lowest BCUT2D eigenvalue weighted by atomic mass is 10.1. The smallest absolute Gasteiger partial charge is 0.116 e. The van der Waals surface area contributed by atoms with E-state index in [9.17, 15) is 0 Å². The maximum absolute atomic E-state index is 6.95. The summed E-state index contributed by atoms with van der Waals surface area (Å²) < 4.78 is 0. The summed E-state index contributed by atoms with van der Waals surface area (Å²) in [6.07, 6.45) is 27.3. The number of hydrogen-bond acceptors (Lipinski definition) is 13. The number of pyridine rings is 5. The minimum Gasteiger partial charge on any atom is -0.386 e. The molecule has 0 aliphatic carbocycles. The number of aromatic nitrogens is 9. The molecule has 7 aromatic heterocycles. The molecule has 13 heteroatoms. The second-order valence-corrected chi connectivity index (χ2v) is 12.0. The number of benzene rings is 2. The third kappa shape index (κ3) is 13.3. The van der Waals surface area contributed by atoms with Crippen molar-refractivity contribution in [3.63, 3.8) is 0 Å². The highest BCUT2D eigenvalue weighted by atomic mass is 14.9. The van der Waals surface area contributed by atoms with Gasteiger partial charge in [-0.1, -0.05) is 61.2 Å². The molecule has 2 aromatic carbocycles. The van der Waals surface area contributed by atoms with Crippen LogP contribution in [0.2, 0.25) is 0 Å². The molecular formula is C47H41N13. The number of fused-ring (bicyclic) bond motifs is 4. The maximum atomic E-state index is 6.95. The summed E-state index contributed by atoms with van der Waals surface area (Å²) in [4.78, 5) is 43.4. The van der Waals surface area contributed by atoms with Crippen molar-refractivity contribution in [2.75, 3.05) is 6.54 Å². The summed E-state index contributed by atoms with van der Waals surface area (Å²) in [5, 5.41) is 14.3. The second-order valence-electron chi connectivity index (χ2n) is 12.0. The van der Waals surface area contributed by atoms with E-state index in [4.69, 9.17) is 5.41 Å². The summed E-state index contributed by atoms with van der Waals surface area (Å²) in [5.74, 6) is 0. The number of hydrogen-bond donors (Lipinski definition) is 2. The number of nitrogens with one attached hydrogen (secondary N) is 2. The molecule has 1 aliphatic rings. The topological polar surface area (TPSA) is 177 Å². The van der Waals surface area contributed by atoms with Crippen LogP contribution in [0.5, 0.6) is 0 Å². The highest BCUT2D eigenvalue weighted by Gasteiger charge is 2.01. The van der Waals surface area contributed by atoms with Crippen LogP contribution in [0.15, 0.2) is 212 Å². The fourth-order valence-electron chi connectivity index (χ4n) is 5.17. The van der Waals surface area contributed by atoms with Crippen molar-refractivity contribution in [2.24, 2.45) is 9.98 Å². The Labute approximate surface area is 347 Å². The van der Waals surface area contributed by atoms with Gasteiger partial charge in [-0.3, -0.25) is 34.9 Å². The number of aliphatic imine (C=N–C) groups is 2. The zero-order chi connectivity index (χ0) is 42.0. The monoisotopic (exact) mass is 787 g/mol. The zero-order valence-electron chi connectivity index (χ0n) is 32.6. The number of allylic oxidation sites excluding steroid dienone is 1. The van der Waals surface area contributed by atoms with Gasteiger partial charge >= 0.3 is 0 Å². The number of rotatable bonds is 4. The van der Waals surface area contributed by atoms with Crippen molar-refractivity contribution in [1.29, 1.82) is 5.41 Å². The van der Waals surface area contributed by atoms with Crippen LogP contribution in [0.3, 0.4) is 0 Å². The third-order valence-corrected chi connectivity index (χ3v) is 8.16. The summed E-state index contributed by atoms with van der Waals surface area (Å²) >= 11 is 0. The van der Waals surface area contributed by atoms with E-state index in [-0.39, 0.29) is 0 Å². The van der Waals surface area contributed by atoms with Crippen molar-refractivity contribution >= 4 is 68.9 Å². The van der Waals surface area contributed by atoms with Crippen molar-refractivity contribution in [2.45, 2.75) is 0 Å². The zero-order valence-corrected chi connectivity index (χ0v) is 32.6. The van der Waals surface area contributed by atoms with E-state index in [1.807, 2.05) is 104 Å².